The number of carbonyl (C=O) groups excluding carboxylic acids is 1. The van der Waals surface area contributed by atoms with Crippen molar-refractivity contribution in [3.8, 4) is 17.2 Å². The molecular weight excluding hydrogens is 394 g/mol. The normalized spacial score (nSPS) is 12.9. The lowest BCUT2D eigenvalue weighted by molar-refractivity contribution is -0.385. The third-order valence-corrected chi connectivity index (χ3v) is 5.20. The molecule has 0 amide bonds. The number of methoxy groups -OCH3 is 1. The molecular formula is C21H21NO6S. The Hall–Kier alpha value is -3.00. The molecule has 0 N–H and O–H groups in total. The number of ether oxygens (including phenoxy) is 3. The highest BCUT2D eigenvalue weighted by Crippen LogP contribution is 2.39. The molecule has 0 aromatic heterocycles. The first-order chi connectivity index (χ1) is 14.0. The third-order valence-electron chi connectivity index (χ3n) is 4.20. The summed E-state index contributed by atoms with van der Waals surface area (Å²) in [5.41, 5.74) is 0.763. The van der Waals surface area contributed by atoms with E-state index in [2.05, 4.69) is 0 Å². The van der Waals surface area contributed by atoms with Crippen LogP contribution in [0.2, 0.25) is 0 Å². The van der Waals surface area contributed by atoms with E-state index in [1.807, 2.05) is 13.0 Å². The predicted octanol–water partition coefficient (Wildman–Crippen LogP) is 4.77. The van der Waals surface area contributed by atoms with Crippen LogP contribution in [0, 0.1) is 10.1 Å². The van der Waals surface area contributed by atoms with Crippen molar-refractivity contribution in [2.24, 2.45) is 0 Å². The number of carbonyl (C=O) groups is 1. The molecule has 0 spiro atoms. The van der Waals surface area contributed by atoms with Gasteiger partial charge in [0.2, 0.25) is 0 Å². The van der Waals surface area contributed by atoms with Gasteiger partial charge in [-0.25, -0.2) is 0 Å². The Morgan fingerprint density at radius 3 is 2.86 bits per heavy atom. The van der Waals surface area contributed by atoms with E-state index in [1.165, 1.54) is 31.4 Å². The molecule has 1 aliphatic heterocycles. The fourth-order valence-electron chi connectivity index (χ4n) is 2.81. The molecule has 0 atom stereocenters. The summed E-state index contributed by atoms with van der Waals surface area (Å²) in [5.74, 6) is 1.93. The SMILES string of the molecule is CCCOc1cc2c(cc1C(=O)C=Cc1ccc(OC)c([N+](=O)[O-])c1)OCCS2. The van der Waals surface area contributed by atoms with Crippen molar-refractivity contribution in [3.63, 3.8) is 0 Å². The highest BCUT2D eigenvalue weighted by Gasteiger charge is 2.19. The number of fused-ring (bicyclic) bond motifs is 1. The zero-order valence-electron chi connectivity index (χ0n) is 16.2. The first kappa shape index (κ1) is 20.7. The molecule has 0 saturated carbocycles. The lowest BCUT2D eigenvalue weighted by atomic mass is 10.1. The second-order valence-corrected chi connectivity index (χ2v) is 7.36. The first-order valence-corrected chi connectivity index (χ1v) is 10.1. The molecule has 0 radical (unpaired) electrons. The lowest BCUT2D eigenvalue weighted by Crippen LogP contribution is -2.10. The zero-order valence-corrected chi connectivity index (χ0v) is 17.0. The van der Waals surface area contributed by atoms with Crippen LogP contribution in [0.4, 0.5) is 5.69 Å². The van der Waals surface area contributed by atoms with Gasteiger partial charge in [0.1, 0.15) is 11.5 Å². The Kier molecular flexibility index (Phi) is 6.77. The van der Waals surface area contributed by atoms with Gasteiger partial charge in [-0.1, -0.05) is 19.1 Å². The zero-order chi connectivity index (χ0) is 20.8. The second-order valence-electron chi connectivity index (χ2n) is 6.23. The van der Waals surface area contributed by atoms with Crippen LogP contribution in [0.3, 0.4) is 0 Å². The standard InChI is InChI=1S/C21H21NO6S/c1-3-8-27-19-13-21-20(28-9-10-29-21)12-15(19)17(23)6-4-14-5-7-18(26-2)16(11-14)22(24)25/h4-7,11-13H,3,8-10H2,1-2H3. The lowest BCUT2D eigenvalue weighted by Gasteiger charge is -2.19. The van der Waals surface area contributed by atoms with Crippen molar-refractivity contribution < 1.29 is 23.9 Å². The van der Waals surface area contributed by atoms with Crippen LogP contribution in [-0.4, -0.2) is 36.8 Å². The van der Waals surface area contributed by atoms with Gasteiger partial charge in [-0.05, 0) is 36.3 Å². The van der Waals surface area contributed by atoms with Gasteiger partial charge in [0.15, 0.2) is 11.5 Å². The fourth-order valence-corrected chi connectivity index (χ4v) is 3.65. The Bertz CT molecular complexity index is 956. The minimum atomic E-state index is -0.521. The van der Waals surface area contributed by atoms with Crippen molar-refractivity contribution in [2.45, 2.75) is 18.2 Å². The summed E-state index contributed by atoms with van der Waals surface area (Å²) in [4.78, 5) is 24.4. The highest BCUT2D eigenvalue weighted by atomic mass is 32.2. The first-order valence-electron chi connectivity index (χ1n) is 9.14. The van der Waals surface area contributed by atoms with E-state index in [1.54, 1.807) is 23.9 Å². The second kappa shape index (κ2) is 9.47. The summed E-state index contributed by atoms with van der Waals surface area (Å²) in [5, 5.41) is 11.2. The minimum absolute atomic E-state index is 0.159. The maximum absolute atomic E-state index is 12.8. The number of hydrogen-bond donors (Lipinski definition) is 0. The van der Waals surface area contributed by atoms with E-state index >= 15 is 0 Å². The average molecular weight is 415 g/mol. The molecule has 1 aliphatic rings. The van der Waals surface area contributed by atoms with E-state index < -0.39 is 4.92 Å². The van der Waals surface area contributed by atoms with Gasteiger partial charge < -0.3 is 14.2 Å². The average Bonchev–Trinajstić information content (AvgIpc) is 2.75. The number of allylic oxidation sites excluding steroid dienone is 1. The maximum atomic E-state index is 12.8. The number of benzene rings is 2. The highest BCUT2D eigenvalue weighted by molar-refractivity contribution is 7.99. The summed E-state index contributed by atoms with van der Waals surface area (Å²) < 4.78 is 16.4. The molecule has 0 unspecified atom stereocenters. The number of nitro groups is 1. The Labute approximate surface area is 172 Å². The van der Waals surface area contributed by atoms with E-state index in [0.717, 1.165) is 17.1 Å². The van der Waals surface area contributed by atoms with E-state index in [-0.39, 0.29) is 17.2 Å². The van der Waals surface area contributed by atoms with Crippen LogP contribution in [-0.2, 0) is 0 Å². The fraction of sp³-hybridized carbons (Fsp3) is 0.286. The van der Waals surface area contributed by atoms with Crippen LogP contribution in [0.25, 0.3) is 6.08 Å². The van der Waals surface area contributed by atoms with Crippen LogP contribution in [0.1, 0.15) is 29.3 Å². The summed E-state index contributed by atoms with van der Waals surface area (Å²) >= 11 is 1.66. The molecule has 0 fully saturated rings. The van der Waals surface area contributed by atoms with Gasteiger partial charge in [-0.15, -0.1) is 11.8 Å². The number of ketones is 1. The Balaban J connectivity index is 1.90. The third kappa shape index (κ3) is 4.89. The summed E-state index contributed by atoms with van der Waals surface area (Å²) in [6.45, 7) is 3.08. The molecule has 1 heterocycles. The van der Waals surface area contributed by atoms with Crippen molar-refractivity contribution in [1.29, 1.82) is 0 Å². The largest absolute Gasteiger partial charge is 0.493 e. The van der Waals surface area contributed by atoms with Crippen LogP contribution >= 0.6 is 11.8 Å². The molecule has 0 bridgehead atoms. The number of rotatable bonds is 8. The number of nitrogens with zero attached hydrogens (tertiary/aromatic N) is 1. The molecule has 29 heavy (non-hydrogen) atoms. The molecule has 7 nitrogen and oxygen atoms in total. The van der Waals surface area contributed by atoms with Crippen molar-refractivity contribution in [1.82, 2.24) is 0 Å². The number of thioether (sulfide) groups is 1. The predicted molar refractivity (Wildman–Crippen MR) is 111 cm³/mol. The van der Waals surface area contributed by atoms with Gasteiger partial charge in [-0.2, -0.15) is 0 Å². The molecule has 0 saturated heterocycles. The van der Waals surface area contributed by atoms with Gasteiger partial charge in [0.25, 0.3) is 0 Å². The number of hydrogen-bond acceptors (Lipinski definition) is 7. The molecule has 3 rings (SSSR count). The van der Waals surface area contributed by atoms with Gasteiger partial charge in [-0.3, -0.25) is 14.9 Å². The topological polar surface area (TPSA) is 87.9 Å². The van der Waals surface area contributed by atoms with Gasteiger partial charge in [0, 0.05) is 11.8 Å². The van der Waals surface area contributed by atoms with Crippen molar-refractivity contribution >= 4 is 29.3 Å². The molecule has 152 valence electrons. The van der Waals surface area contributed by atoms with Crippen LogP contribution < -0.4 is 14.2 Å². The van der Waals surface area contributed by atoms with E-state index in [4.69, 9.17) is 14.2 Å². The van der Waals surface area contributed by atoms with Gasteiger partial charge >= 0.3 is 5.69 Å². The molecule has 2 aromatic rings. The van der Waals surface area contributed by atoms with E-state index in [0.29, 0.717) is 35.8 Å². The van der Waals surface area contributed by atoms with Crippen molar-refractivity contribution in [2.75, 3.05) is 26.1 Å². The summed E-state index contributed by atoms with van der Waals surface area (Å²) in [6.07, 6.45) is 3.73. The van der Waals surface area contributed by atoms with Crippen LogP contribution in [0.5, 0.6) is 17.2 Å². The molecule has 2 aromatic carbocycles. The van der Waals surface area contributed by atoms with Crippen molar-refractivity contribution in [3.05, 3.63) is 57.6 Å². The van der Waals surface area contributed by atoms with Crippen LogP contribution in [0.15, 0.2) is 41.3 Å². The Morgan fingerprint density at radius 2 is 2.14 bits per heavy atom. The monoisotopic (exact) mass is 415 g/mol. The molecule has 8 heteroatoms. The van der Waals surface area contributed by atoms with E-state index in [9.17, 15) is 14.9 Å². The minimum Gasteiger partial charge on any atom is -0.493 e. The summed E-state index contributed by atoms with van der Waals surface area (Å²) in [6, 6.07) is 8.06. The van der Waals surface area contributed by atoms with Gasteiger partial charge in [0.05, 0.1) is 35.7 Å². The molecule has 0 aliphatic carbocycles. The smallest absolute Gasteiger partial charge is 0.311 e. The quantitative estimate of drug-likeness (QED) is 0.265. The summed E-state index contributed by atoms with van der Waals surface area (Å²) in [7, 11) is 1.37. The Morgan fingerprint density at radius 1 is 1.31 bits per heavy atom. The maximum Gasteiger partial charge on any atom is 0.311 e. The number of nitro benzene ring substituents is 1.